The van der Waals surface area contributed by atoms with E-state index in [1.165, 1.54) is 6.92 Å². The van der Waals surface area contributed by atoms with Crippen LogP contribution in [0.2, 0.25) is 0 Å². The fraction of sp³-hybridized carbons (Fsp3) is 0.900. The summed E-state index contributed by atoms with van der Waals surface area (Å²) in [6.45, 7) is 7.83. The van der Waals surface area contributed by atoms with Gasteiger partial charge in [-0.1, -0.05) is 20.8 Å². The highest BCUT2D eigenvalue weighted by Gasteiger charge is 2.13. The van der Waals surface area contributed by atoms with Gasteiger partial charge in [0.25, 0.3) is 0 Å². The summed E-state index contributed by atoms with van der Waals surface area (Å²) >= 11 is 0. The summed E-state index contributed by atoms with van der Waals surface area (Å²) in [5, 5.41) is 8.16. The predicted octanol–water partition coefficient (Wildman–Crippen LogP) is 2.58. The molecule has 0 aromatic carbocycles. The Balaban J connectivity index is 3.55. The maximum atomic E-state index is 11.1. The van der Waals surface area contributed by atoms with Crippen LogP contribution in [-0.2, 0) is 14.4 Å². The first-order valence-corrected chi connectivity index (χ1v) is 4.85. The van der Waals surface area contributed by atoms with E-state index in [2.05, 4.69) is 25.7 Å². The van der Waals surface area contributed by atoms with E-state index >= 15 is 0 Å². The third-order valence-corrected chi connectivity index (χ3v) is 1.75. The van der Waals surface area contributed by atoms with Gasteiger partial charge in [0.15, 0.2) is 0 Å². The van der Waals surface area contributed by atoms with E-state index < -0.39 is 6.29 Å². The zero-order chi connectivity index (χ0) is 11.2. The van der Waals surface area contributed by atoms with Crippen LogP contribution in [0.25, 0.3) is 0 Å². The fourth-order valence-electron chi connectivity index (χ4n) is 1.03. The second kappa shape index (κ2) is 5.98. The van der Waals surface area contributed by atoms with Gasteiger partial charge in [-0.15, -0.1) is 0 Å². The summed E-state index contributed by atoms with van der Waals surface area (Å²) in [6.07, 6.45) is 1.25. The summed E-state index contributed by atoms with van der Waals surface area (Å²) in [7, 11) is 0. The van der Waals surface area contributed by atoms with Crippen molar-refractivity contribution in [3.63, 3.8) is 0 Å². The maximum Gasteiger partial charge on any atom is 0.308 e. The standard InChI is InChI=1S/C10H20O4/c1-8(14-12)13-9(11)6-5-7-10(2,3)4/h8,12H,5-7H2,1-4H3. The van der Waals surface area contributed by atoms with Crippen molar-refractivity contribution in [1.82, 2.24) is 0 Å². The van der Waals surface area contributed by atoms with Crippen LogP contribution in [-0.4, -0.2) is 17.5 Å². The zero-order valence-electron chi connectivity index (χ0n) is 9.37. The third kappa shape index (κ3) is 8.01. The smallest absolute Gasteiger partial charge is 0.308 e. The summed E-state index contributed by atoms with van der Waals surface area (Å²) in [4.78, 5) is 14.9. The highest BCUT2D eigenvalue weighted by Crippen LogP contribution is 2.21. The quantitative estimate of drug-likeness (QED) is 0.323. The minimum atomic E-state index is -0.878. The van der Waals surface area contributed by atoms with Crippen LogP contribution in [0.3, 0.4) is 0 Å². The molecule has 0 aliphatic heterocycles. The first kappa shape index (κ1) is 13.4. The molecule has 0 aliphatic carbocycles. The fourth-order valence-corrected chi connectivity index (χ4v) is 1.03. The Kier molecular flexibility index (Phi) is 5.72. The zero-order valence-corrected chi connectivity index (χ0v) is 9.37. The van der Waals surface area contributed by atoms with Crippen LogP contribution in [0.15, 0.2) is 0 Å². The Hall–Kier alpha value is -0.610. The second-order valence-electron chi connectivity index (χ2n) is 4.58. The van der Waals surface area contributed by atoms with E-state index in [1.807, 2.05) is 0 Å². The van der Waals surface area contributed by atoms with E-state index in [0.717, 1.165) is 12.8 Å². The molecule has 1 unspecified atom stereocenters. The molecule has 0 heterocycles. The van der Waals surface area contributed by atoms with Gasteiger partial charge in [0.2, 0.25) is 6.29 Å². The molecule has 0 radical (unpaired) electrons. The SMILES string of the molecule is CC(OO)OC(=O)CCCC(C)(C)C. The van der Waals surface area contributed by atoms with E-state index in [4.69, 9.17) is 9.99 Å². The summed E-state index contributed by atoms with van der Waals surface area (Å²) in [5.74, 6) is -0.337. The molecule has 0 saturated heterocycles. The lowest BCUT2D eigenvalue weighted by Crippen LogP contribution is -2.17. The highest BCUT2D eigenvalue weighted by atomic mass is 17.1. The number of rotatable bonds is 5. The molecular weight excluding hydrogens is 184 g/mol. The number of hydrogen-bond donors (Lipinski definition) is 1. The average Bonchev–Trinajstić information content (AvgIpc) is 2.01. The van der Waals surface area contributed by atoms with Crippen molar-refractivity contribution in [3.05, 3.63) is 0 Å². The molecule has 0 rings (SSSR count). The van der Waals surface area contributed by atoms with Crippen LogP contribution < -0.4 is 0 Å². The van der Waals surface area contributed by atoms with Crippen molar-refractivity contribution in [2.24, 2.45) is 5.41 Å². The molecule has 0 aromatic rings. The molecule has 4 heteroatoms. The van der Waals surface area contributed by atoms with Gasteiger partial charge in [0.1, 0.15) is 0 Å². The van der Waals surface area contributed by atoms with Crippen molar-refractivity contribution in [2.45, 2.75) is 53.2 Å². The molecule has 0 aromatic heterocycles. The average molecular weight is 204 g/mol. The number of ether oxygens (including phenoxy) is 1. The van der Waals surface area contributed by atoms with Gasteiger partial charge in [-0.05, 0) is 18.3 Å². The Morgan fingerprint density at radius 1 is 1.43 bits per heavy atom. The Morgan fingerprint density at radius 3 is 2.43 bits per heavy atom. The van der Waals surface area contributed by atoms with Gasteiger partial charge in [-0.25, -0.2) is 5.26 Å². The lowest BCUT2D eigenvalue weighted by atomic mass is 9.90. The molecule has 0 aliphatic rings. The van der Waals surface area contributed by atoms with Crippen molar-refractivity contribution >= 4 is 5.97 Å². The summed E-state index contributed by atoms with van der Waals surface area (Å²) in [6, 6.07) is 0. The van der Waals surface area contributed by atoms with Crippen molar-refractivity contribution in [3.8, 4) is 0 Å². The molecular formula is C10H20O4. The number of hydrogen-bond acceptors (Lipinski definition) is 4. The molecule has 4 nitrogen and oxygen atoms in total. The van der Waals surface area contributed by atoms with Crippen LogP contribution in [0.4, 0.5) is 0 Å². The molecule has 0 saturated carbocycles. The van der Waals surface area contributed by atoms with Gasteiger partial charge >= 0.3 is 5.97 Å². The van der Waals surface area contributed by atoms with Crippen LogP contribution in [0, 0.1) is 5.41 Å². The van der Waals surface area contributed by atoms with E-state index in [9.17, 15) is 4.79 Å². The van der Waals surface area contributed by atoms with Gasteiger partial charge < -0.3 is 4.74 Å². The van der Waals surface area contributed by atoms with E-state index in [0.29, 0.717) is 6.42 Å². The van der Waals surface area contributed by atoms with Crippen molar-refractivity contribution in [2.75, 3.05) is 0 Å². The Bertz CT molecular complexity index is 171. The van der Waals surface area contributed by atoms with Crippen LogP contribution >= 0.6 is 0 Å². The van der Waals surface area contributed by atoms with Gasteiger partial charge in [-0.2, -0.15) is 4.89 Å². The molecule has 0 fully saturated rings. The monoisotopic (exact) mass is 204 g/mol. The molecule has 1 atom stereocenters. The van der Waals surface area contributed by atoms with Gasteiger partial charge in [0, 0.05) is 13.3 Å². The lowest BCUT2D eigenvalue weighted by Gasteiger charge is -2.17. The predicted molar refractivity (Wildman–Crippen MR) is 52.6 cm³/mol. The molecule has 0 amide bonds. The lowest BCUT2D eigenvalue weighted by molar-refractivity contribution is -0.330. The van der Waals surface area contributed by atoms with Gasteiger partial charge in [0.05, 0.1) is 0 Å². The minimum absolute atomic E-state index is 0.235. The van der Waals surface area contributed by atoms with Gasteiger partial charge in [-0.3, -0.25) is 4.79 Å². The van der Waals surface area contributed by atoms with Crippen molar-refractivity contribution < 1.29 is 19.7 Å². The summed E-state index contributed by atoms with van der Waals surface area (Å²) < 4.78 is 4.70. The summed E-state index contributed by atoms with van der Waals surface area (Å²) in [5.41, 5.74) is 0.235. The second-order valence-corrected chi connectivity index (χ2v) is 4.58. The van der Waals surface area contributed by atoms with Crippen LogP contribution in [0.1, 0.15) is 47.0 Å². The van der Waals surface area contributed by atoms with E-state index in [-0.39, 0.29) is 11.4 Å². The molecule has 14 heavy (non-hydrogen) atoms. The number of carbonyl (C=O) groups excluding carboxylic acids is 1. The number of carbonyl (C=O) groups is 1. The Labute approximate surface area is 85.1 Å². The first-order valence-electron chi connectivity index (χ1n) is 4.85. The molecule has 84 valence electrons. The van der Waals surface area contributed by atoms with Crippen molar-refractivity contribution in [1.29, 1.82) is 0 Å². The Morgan fingerprint density at radius 2 is 2.00 bits per heavy atom. The number of esters is 1. The third-order valence-electron chi connectivity index (χ3n) is 1.75. The highest BCUT2D eigenvalue weighted by molar-refractivity contribution is 5.69. The molecule has 1 N–H and O–H groups in total. The van der Waals surface area contributed by atoms with Crippen LogP contribution in [0.5, 0.6) is 0 Å². The first-order chi connectivity index (χ1) is 6.35. The minimum Gasteiger partial charge on any atom is -0.433 e. The maximum absolute atomic E-state index is 11.1. The molecule has 0 spiro atoms. The largest absolute Gasteiger partial charge is 0.433 e. The topological polar surface area (TPSA) is 55.8 Å². The molecule has 0 bridgehead atoms. The van der Waals surface area contributed by atoms with E-state index in [1.54, 1.807) is 0 Å². The normalized spacial score (nSPS) is 13.8.